The molecule has 1 fully saturated rings. The molecule has 1 heterocycles. The number of nitrogens with one attached hydrogen (secondary N) is 1. The van der Waals surface area contributed by atoms with E-state index in [0.29, 0.717) is 6.04 Å². The number of piperazine rings is 1. The minimum absolute atomic E-state index is 0. The van der Waals surface area contributed by atoms with Crippen LogP contribution in [0.3, 0.4) is 0 Å². The van der Waals surface area contributed by atoms with Crippen molar-refractivity contribution in [3.05, 3.63) is 23.8 Å². The molecular weight excluding hydrogens is 323 g/mol. The van der Waals surface area contributed by atoms with Crippen LogP contribution in [0.5, 0.6) is 11.5 Å². The van der Waals surface area contributed by atoms with E-state index in [1.807, 2.05) is 6.07 Å². The zero-order valence-corrected chi connectivity index (χ0v) is 15.3. The highest BCUT2D eigenvalue weighted by molar-refractivity contribution is 5.85. The van der Waals surface area contributed by atoms with Crippen LogP contribution < -0.4 is 14.8 Å². The zero-order valence-electron chi connectivity index (χ0n) is 13.6. The fraction of sp³-hybridized carbons (Fsp3) is 0.625. The van der Waals surface area contributed by atoms with Gasteiger partial charge in [-0.1, -0.05) is 19.4 Å². The zero-order chi connectivity index (χ0) is 14.4. The van der Waals surface area contributed by atoms with E-state index in [-0.39, 0.29) is 24.8 Å². The number of nitrogens with zero attached hydrogens (tertiary/aromatic N) is 1. The molecule has 0 spiro atoms. The highest BCUT2D eigenvalue weighted by Gasteiger charge is 2.22. The van der Waals surface area contributed by atoms with E-state index in [1.165, 1.54) is 18.4 Å². The summed E-state index contributed by atoms with van der Waals surface area (Å²) in [6.45, 7) is 6.62. The summed E-state index contributed by atoms with van der Waals surface area (Å²) < 4.78 is 10.8. The summed E-state index contributed by atoms with van der Waals surface area (Å²) >= 11 is 0. The molecule has 0 bridgehead atoms. The van der Waals surface area contributed by atoms with Gasteiger partial charge in [0.15, 0.2) is 11.5 Å². The lowest BCUT2D eigenvalue weighted by Gasteiger charge is -2.35. The largest absolute Gasteiger partial charge is 0.493 e. The fourth-order valence-electron chi connectivity index (χ4n) is 2.89. The summed E-state index contributed by atoms with van der Waals surface area (Å²) in [5.41, 5.74) is 1.33. The van der Waals surface area contributed by atoms with Gasteiger partial charge in [0.05, 0.1) is 14.2 Å². The second-order valence-corrected chi connectivity index (χ2v) is 5.20. The molecule has 128 valence electrons. The average molecular weight is 351 g/mol. The maximum absolute atomic E-state index is 5.44. The molecule has 0 unspecified atom stereocenters. The van der Waals surface area contributed by atoms with Crippen LogP contribution in [0.15, 0.2) is 18.2 Å². The summed E-state index contributed by atoms with van der Waals surface area (Å²) in [6, 6.07) is 6.78. The summed E-state index contributed by atoms with van der Waals surface area (Å²) in [7, 11) is 3.37. The van der Waals surface area contributed by atoms with Crippen molar-refractivity contribution < 1.29 is 9.47 Å². The Hall–Kier alpha value is -0.680. The summed E-state index contributed by atoms with van der Waals surface area (Å²) in [5.74, 6) is 1.62. The van der Waals surface area contributed by atoms with E-state index in [4.69, 9.17) is 9.47 Å². The normalized spacial score (nSPS) is 16.1. The van der Waals surface area contributed by atoms with Crippen LogP contribution in [-0.4, -0.2) is 45.3 Å². The Kier molecular flexibility index (Phi) is 10.6. The van der Waals surface area contributed by atoms with Gasteiger partial charge in [-0.05, 0) is 24.1 Å². The summed E-state index contributed by atoms with van der Waals surface area (Å²) in [4.78, 5) is 2.57. The first-order chi connectivity index (χ1) is 9.80. The predicted octanol–water partition coefficient (Wildman–Crippen LogP) is 3.29. The molecule has 0 radical (unpaired) electrons. The maximum atomic E-state index is 5.44. The van der Waals surface area contributed by atoms with Gasteiger partial charge in [0, 0.05) is 32.2 Å². The third-order valence-electron chi connectivity index (χ3n) is 3.95. The summed E-state index contributed by atoms with van der Waals surface area (Å²) in [5, 5.41) is 3.42. The highest BCUT2D eigenvalue weighted by atomic mass is 35.5. The molecule has 4 nitrogen and oxygen atoms in total. The predicted molar refractivity (Wildman–Crippen MR) is 96.1 cm³/mol. The molecule has 1 saturated heterocycles. The minimum Gasteiger partial charge on any atom is -0.493 e. The molecule has 6 heteroatoms. The Morgan fingerprint density at radius 3 is 2.27 bits per heavy atom. The van der Waals surface area contributed by atoms with Crippen molar-refractivity contribution in [3.63, 3.8) is 0 Å². The number of ether oxygens (including phenoxy) is 2. The van der Waals surface area contributed by atoms with E-state index >= 15 is 0 Å². The maximum Gasteiger partial charge on any atom is 0.161 e. The Balaban J connectivity index is 0.00000220. The molecule has 1 aromatic rings. The van der Waals surface area contributed by atoms with Gasteiger partial charge < -0.3 is 14.8 Å². The number of hydrogen-bond donors (Lipinski definition) is 1. The van der Waals surface area contributed by atoms with Gasteiger partial charge in [0.1, 0.15) is 0 Å². The van der Waals surface area contributed by atoms with E-state index in [2.05, 4.69) is 29.3 Å². The first-order valence-electron chi connectivity index (χ1n) is 7.46. The van der Waals surface area contributed by atoms with Crippen LogP contribution in [-0.2, 0) is 0 Å². The van der Waals surface area contributed by atoms with Crippen LogP contribution in [0.2, 0.25) is 0 Å². The monoisotopic (exact) mass is 350 g/mol. The molecule has 0 aromatic heterocycles. The summed E-state index contributed by atoms with van der Waals surface area (Å²) in [6.07, 6.45) is 2.36. The van der Waals surface area contributed by atoms with Gasteiger partial charge in [-0.2, -0.15) is 0 Å². The average Bonchev–Trinajstić information content (AvgIpc) is 2.52. The topological polar surface area (TPSA) is 33.7 Å². The van der Waals surface area contributed by atoms with Gasteiger partial charge in [0.25, 0.3) is 0 Å². The van der Waals surface area contributed by atoms with E-state index in [0.717, 1.165) is 37.7 Å². The molecule has 1 atom stereocenters. The van der Waals surface area contributed by atoms with Crippen LogP contribution >= 0.6 is 24.8 Å². The Morgan fingerprint density at radius 1 is 1.09 bits per heavy atom. The number of methoxy groups -OCH3 is 2. The van der Waals surface area contributed by atoms with Gasteiger partial charge >= 0.3 is 0 Å². The van der Waals surface area contributed by atoms with E-state index in [1.54, 1.807) is 14.2 Å². The van der Waals surface area contributed by atoms with E-state index < -0.39 is 0 Å². The van der Waals surface area contributed by atoms with Gasteiger partial charge in [-0.25, -0.2) is 0 Å². The van der Waals surface area contributed by atoms with Crippen molar-refractivity contribution in [3.8, 4) is 11.5 Å². The van der Waals surface area contributed by atoms with Crippen LogP contribution in [0.25, 0.3) is 0 Å². The molecule has 0 amide bonds. The molecular formula is C16H28Cl2N2O2. The van der Waals surface area contributed by atoms with Crippen molar-refractivity contribution in [1.29, 1.82) is 0 Å². The molecule has 1 aliphatic heterocycles. The molecule has 1 aromatic carbocycles. The van der Waals surface area contributed by atoms with Crippen LogP contribution in [0.1, 0.15) is 31.4 Å². The lowest BCUT2D eigenvalue weighted by atomic mass is 9.99. The smallest absolute Gasteiger partial charge is 0.161 e. The standard InChI is InChI=1S/C16H26N2O2.2ClH/c1-4-5-14(18-10-8-17-9-11-18)13-6-7-15(19-2)16(12-13)20-3;;/h6-7,12,14,17H,4-5,8-11H2,1-3H3;2*1H/t14-;;/m1../s1. The molecule has 22 heavy (non-hydrogen) atoms. The fourth-order valence-corrected chi connectivity index (χ4v) is 2.89. The van der Waals surface area contributed by atoms with Crippen molar-refractivity contribution in [2.45, 2.75) is 25.8 Å². The minimum atomic E-state index is 0. The van der Waals surface area contributed by atoms with Gasteiger partial charge in [-0.3, -0.25) is 4.90 Å². The first kappa shape index (κ1) is 21.3. The molecule has 0 saturated carbocycles. The number of rotatable bonds is 6. The SMILES string of the molecule is CCC[C@H](c1ccc(OC)c(OC)c1)N1CCNCC1.Cl.Cl. The quantitative estimate of drug-likeness (QED) is 0.853. The second-order valence-electron chi connectivity index (χ2n) is 5.20. The number of benzene rings is 1. The third kappa shape index (κ3) is 5.20. The first-order valence-corrected chi connectivity index (χ1v) is 7.46. The molecule has 1 N–H and O–H groups in total. The number of halogens is 2. The third-order valence-corrected chi connectivity index (χ3v) is 3.95. The van der Waals surface area contributed by atoms with E-state index in [9.17, 15) is 0 Å². The Bertz CT molecular complexity index is 427. The van der Waals surface area contributed by atoms with Crippen molar-refractivity contribution in [2.75, 3.05) is 40.4 Å². The van der Waals surface area contributed by atoms with Crippen molar-refractivity contribution >= 4 is 24.8 Å². The lowest BCUT2D eigenvalue weighted by Crippen LogP contribution is -2.45. The highest BCUT2D eigenvalue weighted by Crippen LogP contribution is 2.33. The van der Waals surface area contributed by atoms with Crippen LogP contribution in [0, 0.1) is 0 Å². The Morgan fingerprint density at radius 2 is 1.73 bits per heavy atom. The molecule has 0 aliphatic carbocycles. The molecule has 1 aliphatic rings. The van der Waals surface area contributed by atoms with Crippen molar-refractivity contribution in [1.82, 2.24) is 10.2 Å². The van der Waals surface area contributed by atoms with Gasteiger partial charge in [-0.15, -0.1) is 24.8 Å². The second kappa shape index (κ2) is 10.9. The number of hydrogen-bond acceptors (Lipinski definition) is 4. The Labute approximate surface area is 146 Å². The van der Waals surface area contributed by atoms with Crippen molar-refractivity contribution in [2.24, 2.45) is 0 Å². The molecule has 2 rings (SSSR count). The van der Waals surface area contributed by atoms with Gasteiger partial charge in [0.2, 0.25) is 0 Å². The van der Waals surface area contributed by atoms with Crippen LogP contribution in [0.4, 0.5) is 0 Å². The lowest BCUT2D eigenvalue weighted by molar-refractivity contribution is 0.164.